The molecule has 0 saturated carbocycles. The average molecular weight is 324 g/mol. The third-order valence-electron chi connectivity index (χ3n) is 3.60. The molecule has 1 unspecified atom stereocenters. The van der Waals surface area contributed by atoms with Gasteiger partial charge in [0.05, 0.1) is 0 Å². The van der Waals surface area contributed by atoms with Crippen molar-refractivity contribution < 1.29 is 0 Å². The minimum Gasteiger partial charge on any atom is -0.295 e. The number of hydrogen-bond acceptors (Lipinski definition) is 1. The highest BCUT2D eigenvalue weighted by molar-refractivity contribution is 6.18. The number of nitrogens with zero attached hydrogens (tertiary/aromatic N) is 1. The molecule has 2 aromatic rings. The van der Waals surface area contributed by atoms with Crippen molar-refractivity contribution in [2.24, 2.45) is 0 Å². The molecular weight excluding hydrogens is 301 g/mol. The highest BCUT2D eigenvalue weighted by Gasteiger charge is 2.14. The van der Waals surface area contributed by atoms with Gasteiger partial charge in [-0.3, -0.25) is 4.90 Å². The first-order valence-corrected chi connectivity index (χ1v) is 7.71. The predicted molar refractivity (Wildman–Crippen MR) is 94.4 cm³/mol. The molecule has 21 heavy (non-hydrogen) atoms. The molecule has 0 saturated heterocycles. The highest BCUT2D eigenvalue weighted by atomic mass is 35.5. The van der Waals surface area contributed by atoms with Crippen LogP contribution in [0.15, 0.2) is 60.7 Å². The van der Waals surface area contributed by atoms with Crippen LogP contribution in [0.5, 0.6) is 0 Å². The summed E-state index contributed by atoms with van der Waals surface area (Å²) in [6.45, 7) is 4.16. The van der Waals surface area contributed by atoms with Gasteiger partial charge < -0.3 is 0 Å². The van der Waals surface area contributed by atoms with Gasteiger partial charge in [-0.1, -0.05) is 60.7 Å². The van der Waals surface area contributed by atoms with Gasteiger partial charge in [-0.15, -0.1) is 24.0 Å². The van der Waals surface area contributed by atoms with Gasteiger partial charge in [0.2, 0.25) is 0 Å². The maximum atomic E-state index is 5.97. The molecule has 1 nitrogen and oxygen atoms in total. The molecule has 3 heteroatoms. The molecular formula is C18H23Cl2N. The Kier molecular flexibility index (Phi) is 8.44. The predicted octanol–water partition coefficient (Wildman–Crippen LogP) is 4.78. The first kappa shape index (κ1) is 18.0. The first-order chi connectivity index (χ1) is 9.79. The molecule has 0 aliphatic carbocycles. The Labute approximate surface area is 139 Å². The van der Waals surface area contributed by atoms with Crippen molar-refractivity contribution >= 4 is 24.0 Å². The van der Waals surface area contributed by atoms with Gasteiger partial charge in [-0.05, 0) is 24.5 Å². The van der Waals surface area contributed by atoms with Crippen LogP contribution >= 0.6 is 24.0 Å². The Morgan fingerprint density at radius 1 is 0.905 bits per heavy atom. The van der Waals surface area contributed by atoms with E-state index in [1.54, 1.807) is 0 Å². The number of alkyl halides is 1. The highest BCUT2D eigenvalue weighted by Crippen LogP contribution is 2.13. The van der Waals surface area contributed by atoms with E-state index in [0.717, 1.165) is 19.5 Å². The van der Waals surface area contributed by atoms with Crippen LogP contribution in [0.3, 0.4) is 0 Å². The van der Waals surface area contributed by atoms with Gasteiger partial charge in [0.15, 0.2) is 0 Å². The Balaban J connectivity index is 0.00000220. The monoisotopic (exact) mass is 323 g/mol. The van der Waals surface area contributed by atoms with Crippen LogP contribution in [0.1, 0.15) is 18.1 Å². The summed E-state index contributed by atoms with van der Waals surface area (Å²) in [7, 11) is 0. The van der Waals surface area contributed by atoms with Crippen molar-refractivity contribution in [3.8, 4) is 0 Å². The van der Waals surface area contributed by atoms with Crippen LogP contribution in [0, 0.1) is 0 Å². The van der Waals surface area contributed by atoms with Gasteiger partial charge in [-0.2, -0.15) is 0 Å². The molecule has 0 aromatic heterocycles. The fourth-order valence-corrected chi connectivity index (χ4v) is 2.68. The van der Waals surface area contributed by atoms with Crippen LogP contribution in [0.25, 0.3) is 0 Å². The summed E-state index contributed by atoms with van der Waals surface area (Å²) in [4.78, 5) is 2.45. The number of hydrogen-bond donors (Lipinski definition) is 0. The van der Waals surface area contributed by atoms with Gasteiger partial charge in [0.1, 0.15) is 0 Å². The van der Waals surface area contributed by atoms with Gasteiger partial charge >= 0.3 is 0 Å². The van der Waals surface area contributed by atoms with Crippen molar-refractivity contribution in [3.05, 3.63) is 71.8 Å². The second-order valence-electron chi connectivity index (χ2n) is 5.18. The fourth-order valence-electron chi connectivity index (χ4n) is 2.47. The topological polar surface area (TPSA) is 3.24 Å². The Morgan fingerprint density at radius 3 is 1.95 bits per heavy atom. The van der Waals surface area contributed by atoms with Gasteiger partial charge in [0, 0.05) is 25.0 Å². The molecule has 0 fully saturated rings. The van der Waals surface area contributed by atoms with E-state index < -0.39 is 0 Å². The first-order valence-electron chi connectivity index (χ1n) is 7.17. The summed E-state index contributed by atoms with van der Waals surface area (Å²) >= 11 is 5.97. The normalized spacial score (nSPS) is 12.0. The molecule has 2 aromatic carbocycles. The summed E-state index contributed by atoms with van der Waals surface area (Å²) < 4.78 is 0. The zero-order valence-corrected chi connectivity index (χ0v) is 14.0. The zero-order valence-electron chi connectivity index (χ0n) is 12.4. The van der Waals surface area contributed by atoms with Gasteiger partial charge in [0.25, 0.3) is 0 Å². The van der Waals surface area contributed by atoms with Crippen LogP contribution < -0.4 is 0 Å². The lowest BCUT2D eigenvalue weighted by Crippen LogP contribution is -2.35. The lowest BCUT2D eigenvalue weighted by molar-refractivity contribution is 0.211. The molecule has 0 amide bonds. The van der Waals surface area contributed by atoms with Crippen LogP contribution in [-0.2, 0) is 13.0 Å². The van der Waals surface area contributed by atoms with Crippen molar-refractivity contribution in [2.75, 3.05) is 12.4 Å². The summed E-state index contributed by atoms with van der Waals surface area (Å²) in [5, 5.41) is 0. The molecule has 114 valence electrons. The quantitative estimate of drug-likeness (QED) is 0.663. The van der Waals surface area contributed by atoms with Crippen molar-refractivity contribution in [1.29, 1.82) is 0 Å². The van der Waals surface area contributed by atoms with E-state index in [1.807, 2.05) is 0 Å². The summed E-state index contributed by atoms with van der Waals surface area (Å²) in [5.41, 5.74) is 2.73. The maximum Gasteiger partial charge on any atom is 0.0351 e. The van der Waals surface area contributed by atoms with E-state index in [9.17, 15) is 0 Å². The third kappa shape index (κ3) is 6.09. The summed E-state index contributed by atoms with van der Waals surface area (Å²) in [5.74, 6) is 0.673. The molecule has 0 aliphatic rings. The molecule has 0 bridgehead atoms. The van der Waals surface area contributed by atoms with Crippen LogP contribution in [0.4, 0.5) is 0 Å². The van der Waals surface area contributed by atoms with E-state index >= 15 is 0 Å². The summed E-state index contributed by atoms with van der Waals surface area (Å²) in [6.07, 6.45) is 1.06. The van der Waals surface area contributed by atoms with Gasteiger partial charge in [-0.25, -0.2) is 0 Å². The number of halogens is 2. The number of benzene rings is 2. The van der Waals surface area contributed by atoms with E-state index in [4.69, 9.17) is 11.6 Å². The lowest BCUT2D eigenvalue weighted by Gasteiger charge is -2.28. The molecule has 0 aliphatic heterocycles. The van der Waals surface area contributed by atoms with E-state index in [1.165, 1.54) is 11.1 Å². The molecule has 0 N–H and O–H groups in total. The standard InChI is InChI=1S/C18H22ClN.ClH/c1-16(14-17-8-4-2-5-9-17)20(13-12-19)15-18-10-6-3-7-11-18;/h2-11,16H,12-15H2,1H3;1H. The molecule has 0 heterocycles. The summed E-state index contributed by atoms with van der Waals surface area (Å²) in [6, 6.07) is 21.7. The van der Waals surface area contributed by atoms with Crippen molar-refractivity contribution in [3.63, 3.8) is 0 Å². The second kappa shape index (κ2) is 9.83. The van der Waals surface area contributed by atoms with E-state index in [2.05, 4.69) is 72.5 Å². The lowest BCUT2D eigenvalue weighted by atomic mass is 10.1. The Morgan fingerprint density at radius 2 is 1.43 bits per heavy atom. The van der Waals surface area contributed by atoms with Crippen molar-refractivity contribution in [2.45, 2.75) is 25.9 Å². The average Bonchev–Trinajstić information content (AvgIpc) is 2.49. The molecule has 0 radical (unpaired) electrons. The molecule has 0 spiro atoms. The number of rotatable bonds is 7. The second-order valence-corrected chi connectivity index (χ2v) is 5.56. The van der Waals surface area contributed by atoms with Crippen LogP contribution in [0.2, 0.25) is 0 Å². The molecule has 2 rings (SSSR count). The van der Waals surface area contributed by atoms with Crippen molar-refractivity contribution in [1.82, 2.24) is 4.90 Å². The van der Waals surface area contributed by atoms with E-state index in [0.29, 0.717) is 11.9 Å². The molecule has 1 atom stereocenters. The minimum absolute atomic E-state index is 0. The smallest absolute Gasteiger partial charge is 0.0351 e. The Hall–Kier alpha value is -1.02. The maximum absolute atomic E-state index is 5.97. The van der Waals surface area contributed by atoms with E-state index in [-0.39, 0.29) is 12.4 Å². The largest absolute Gasteiger partial charge is 0.295 e. The Bertz CT molecular complexity index is 487. The van der Waals surface area contributed by atoms with Crippen LogP contribution in [-0.4, -0.2) is 23.4 Å². The SMILES string of the molecule is CC(Cc1ccccc1)N(CCCl)Cc1ccccc1.Cl. The minimum atomic E-state index is 0. The zero-order chi connectivity index (χ0) is 14.2. The fraction of sp³-hybridized carbons (Fsp3) is 0.333. The third-order valence-corrected chi connectivity index (χ3v) is 3.77.